The Labute approximate surface area is 96.6 Å². The van der Waals surface area contributed by atoms with Crippen molar-refractivity contribution < 1.29 is 9.63 Å². The molecule has 0 fully saturated rings. The van der Waals surface area contributed by atoms with Crippen LogP contribution in [0.4, 0.5) is 0 Å². The number of nitrogens with two attached hydrogens (primary N) is 1. The summed E-state index contributed by atoms with van der Waals surface area (Å²) in [6, 6.07) is 5.05. The van der Waals surface area contributed by atoms with Gasteiger partial charge in [-0.1, -0.05) is 34.4 Å². The van der Waals surface area contributed by atoms with Crippen LogP contribution in [-0.2, 0) is 9.63 Å². The third kappa shape index (κ3) is 3.77. The molecule has 0 aliphatic heterocycles. The van der Waals surface area contributed by atoms with Crippen molar-refractivity contribution in [3.8, 4) is 0 Å². The van der Waals surface area contributed by atoms with Crippen LogP contribution in [0.25, 0.3) is 0 Å². The summed E-state index contributed by atoms with van der Waals surface area (Å²) in [5.41, 5.74) is 5.37. The van der Waals surface area contributed by atoms with Gasteiger partial charge in [0.1, 0.15) is 0 Å². The zero-order chi connectivity index (χ0) is 11.3. The molecule has 0 spiro atoms. The topological polar surface area (TPSA) is 64.7 Å². The number of hydrogen-bond acceptors (Lipinski definition) is 3. The predicted octanol–water partition coefficient (Wildman–Crippen LogP) is 1.83. The van der Waals surface area contributed by atoms with E-state index in [-0.39, 0.29) is 6.61 Å². The third-order valence-corrected chi connectivity index (χ3v) is 2.12. The van der Waals surface area contributed by atoms with Crippen molar-refractivity contribution >= 4 is 35.3 Å². The summed E-state index contributed by atoms with van der Waals surface area (Å²) >= 11 is 11.7. The van der Waals surface area contributed by atoms with Gasteiger partial charge in [-0.15, -0.1) is 0 Å². The maximum absolute atomic E-state index is 10.3. The monoisotopic (exact) mass is 246 g/mol. The minimum atomic E-state index is -0.600. The second kappa shape index (κ2) is 5.58. The third-order valence-electron chi connectivity index (χ3n) is 1.46. The minimum Gasteiger partial charge on any atom is -0.386 e. The van der Waals surface area contributed by atoms with Gasteiger partial charge >= 0.3 is 0 Å². The molecule has 4 nitrogen and oxygen atoms in total. The highest BCUT2D eigenvalue weighted by Gasteiger charge is 2.01. The van der Waals surface area contributed by atoms with Gasteiger partial charge in [-0.3, -0.25) is 4.79 Å². The van der Waals surface area contributed by atoms with Crippen LogP contribution in [0, 0.1) is 0 Å². The van der Waals surface area contributed by atoms with E-state index in [1.54, 1.807) is 18.2 Å². The summed E-state index contributed by atoms with van der Waals surface area (Å²) in [5, 5.41) is 4.41. The first-order chi connectivity index (χ1) is 7.11. The molecule has 80 valence electrons. The molecule has 0 saturated heterocycles. The molecule has 6 heteroatoms. The first-order valence-corrected chi connectivity index (χ1v) is 4.74. The number of primary amides is 1. The second-order valence-electron chi connectivity index (χ2n) is 2.61. The fourth-order valence-electron chi connectivity index (χ4n) is 0.825. The highest BCUT2D eigenvalue weighted by molar-refractivity contribution is 6.38. The van der Waals surface area contributed by atoms with E-state index in [9.17, 15) is 4.79 Å². The van der Waals surface area contributed by atoms with Crippen molar-refractivity contribution in [3.05, 3.63) is 33.8 Å². The Bertz CT molecular complexity index is 373. The fourth-order valence-corrected chi connectivity index (χ4v) is 1.32. The smallest absolute Gasteiger partial charge is 0.258 e. The fraction of sp³-hybridized carbons (Fsp3) is 0.111. The van der Waals surface area contributed by atoms with Gasteiger partial charge in [0.25, 0.3) is 5.91 Å². The summed E-state index contributed by atoms with van der Waals surface area (Å²) in [6.45, 7) is -0.279. The average Bonchev–Trinajstić information content (AvgIpc) is 2.15. The van der Waals surface area contributed by atoms with E-state index in [2.05, 4.69) is 9.99 Å². The molecule has 0 radical (unpaired) electrons. The maximum Gasteiger partial charge on any atom is 0.258 e. The van der Waals surface area contributed by atoms with E-state index >= 15 is 0 Å². The molecule has 2 N–H and O–H groups in total. The molecule has 0 saturated carbocycles. The molecular formula is C9H8Cl2N2O2. The van der Waals surface area contributed by atoms with Crippen molar-refractivity contribution in [3.63, 3.8) is 0 Å². The van der Waals surface area contributed by atoms with Crippen LogP contribution < -0.4 is 5.73 Å². The maximum atomic E-state index is 10.3. The Morgan fingerprint density at radius 1 is 1.47 bits per heavy atom. The molecule has 0 unspecified atom stereocenters. The molecule has 0 bridgehead atoms. The Morgan fingerprint density at radius 2 is 2.07 bits per heavy atom. The van der Waals surface area contributed by atoms with Crippen LogP contribution >= 0.6 is 23.2 Å². The zero-order valence-corrected chi connectivity index (χ0v) is 9.13. The van der Waals surface area contributed by atoms with Gasteiger partial charge < -0.3 is 10.6 Å². The van der Waals surface area contributed by atoms with Crippen molar-refractivity contribution in [1.82, 2.24) is 0 Å². The number of carbonyl (C=O) groups excluding carboxylic acids is 1. The summed E-state index contributed by atoms with van der Waals surface area (Å²) < 4.78 is 0. The normalized spacial score (nSPS) is 10.5. The van der Waals surface area contributed by atoms with Crippen LogP contribution in [0.5, 0.6) is 0 Å². The Balaban J connectivity index is 2.67. The van der Waals surface area contributed by atoms with Crippen LogP contribution in [0.1, 0.15) is 5.56 Å². The van der Waals surface area contributed by atoms with Gasteiger partial charge in [0.15, 0.2) is 6.61 Å². The molecule has 1 rings (SSSR count). The number of benzene rings is 1. The SMILES string of the molecule is NC(=O)CON=Cc1c(Cl)cccc1Cl. The number of carbonyl (C=O) groups is 1. The molecule has 1 aromatic carbocycles. The van der Waals surface area contributed by atoms with Gasteiger partial charge in [-0.05, 0) is 12.1 Å². The Kier molecular flexibility index (Phi) is 4.39. The van der Waals surface area contributed by atoms with Crippen molar-refractivity contribution in [2.24, 2.45) is 10.9 Å². The van der Waals surface area contributed by atoms with Gasteiger partial charge in [-0.2, -0.15) is 0 Å². The van der Waals surface area contributed by atoms with Gasteiger partial charge in [-0.25, -0.2) is 0 Å². The van der Waals surface area contributed by atoms with Crippen LogP contribution in [0.15, 0.2) is 23.4 Å². The molecule has 0 aliphatic carbocycles. The lowest BCUT2D eigenvalue weighted by molar-refractivity contribution is -0.122. The van der Waals surface area contributed by atoms with E-state index in [4.69, 9.17) is 28.9 Å². The number of hydrogen-bond donors (Lipinski definition) is 1. The molecule has 0 heterocycles. The summed E-state index contributed by atoms with van der Waals surface area (Å²) in [5.74, 6) is -0.600. The molecule has 1 aromatic rings. The lowest BCUT2D eigenvalue weighted by Crippen LogP contribution is -2.16. The number of halogens is 2. The van der Waals surface area contributed by atoms with E-state index in [0.717, 1.165) is 0 Å². The molecule has 15 heavy (non-hydrogen) atoms. The highest BCUT2D eigenvalue weighted by Crippen LogP contribution is 2.22. The first kappa shape index (κ1) is 11.8. The standard InChI is InChI=1S/C9H8Cl2N2O2/c10-7-2-1-3-8(11)6(7)4-13-15-5-9(12)14/h1-4H,5H2,(H2,12,14). The molecule has 0 aliphatic rings. The largest absolute Gasteiger partial charge is 0.386 e. The molecular weight excluding hydrogens is 239 g/mol. The minimum absolute atomic E-state index is 0.279. The van der Waals surface area contributed by atoms with Gasteiger partial charge in [0.05, 0.1) is 16.3 Å². The van der Waals surface area contributed by atoms with Crippen molar-refractivity contribution in [2.45, 2.75) is 0 Å². The quantitative estimate of drug-likeness (QED) is 0.651. The second-order valence-corrected chi connectivity index (χ2v) is 3.42. The van der Waals surface area contributed by atoms with E-state index < -0.39 is 5.91 Å². The average molecular weight is 247 g/mol. The van der Waals surface area contributed by atoms with Crippen LogP contribution in [0.2, 0.25) is 10.0 Å². The molecule has 0 atom stereocenters. The zero-order valence-electron chi connectivity index (χ0n) is 7.61. The first-order valence-electron chi connectivity index (χ1n) is 3.99. The number of oxime groups is 1. The predicted molar refractivity (Wildman–Crippen MR) is 59.2 cm³/mol. The van der Waals surface area contributed by atoms with E-state index in [1.165, 1.54) is 6.21 Å². The van der Waals surface area contributed by atoms with E-state index in [1.807, 2.05) is 0 Å². The summed E-state index contributed by atoms with van der Waals surface area (Å²) in [7, 11) is 0. The van der Waals surface area contributed by atoms with Gasteiger partial charge in [0, 0.05) is 5.56 Å². The lowest BCUT2D eigenvalue weighted by Gasteiger charge is -1.99. The summed E-state index contributed by atoms with van der Waals surface area (Å²) in [4.78, 5) is 14.9. The number of amides is 1. The Morgan fingerprint density at radius 3 is 2.60 bits per heavy atom. The Hall–Kier alpha value is -1.26. The number of nitrogens with zero attached hydrogens (tertiary/aromatic N) is 1. The number of rotatable bonds is 4. The van der Waals surface area contributed by atoms with Crippen LogP contribution in [-0.4, -0.2) is 18.7 Å². The summed E-state index contributed by atoms with van der Waals surface area (Å²) in [6.07, 6.45) is 1.33. The van der Waals surface area contributed by atoms with Gasteiger partial charge in [0.2, 0.25) is 0 Å². The molecule has 1 amide bonds. The highest BCUT2D eigenvalue weighted by atomic mass is 35.5. The lowest BCUT2D eigenvalue weighted by atomic mass is 10.2. The van der Waals surface area contributed by atoms with Crippen molar-refractivity contribution in [2.75, 3.05) is 6.61 Å². The molecule has 0 aromatic heterocycles. The van der Waals surface area contributed by atoms with Crippen LogP contribution in [0.3, 0.4) is 0 Å². The van der Waals surface area contributed by atoms with Crippen molar-refractivity contribution in [1.29, 1.82) is 0 Å². The van der Waals surface area contributed by atoms with E-state index in [0.29, 0.717) is 15.6 Å².